The molecule has 116 valence electrons. The number of hydrogen-bond donors (Lipinski definition) is 2. The first-order valence-corrected chi connectivity index (χ1v) is 6.94. The zero-order valence-corrected chi connectivity index (χ0v) is 11.9. The summed E-state index contributed by atoms with van der Waals surface area (Å²) in [4.78, 5) is 16.2. The molecular formula is C15H15F2N3O2. The van der Waals surface area contributed by atoms with Crippen LogP contribution in [0.25, 0.3) is 10.9 Å². The summed E-state index contributed by atoms with van der Waals surface area (Å²) in [5.41, 5.74) is 0.783. The Kier molecular flexibility index (Phi) is 3.89. The van der Waals surface area contributed by atoms with E-state index in [1.165, 1.54) is 25.3 Å². The van der Waals surface area contributed by atoms with E-state index in [0.29, 0.717) is 16.5 Å². The van der Waals surface area contributed by atoms with Crippen LogP contribution in [0.4, 0.5) is 8.78 Å². The highest BCUT2D eigenvalue weighted by atomic mass is 19.1. The molecule has 7 heteroatoms. The lowest BCUT2D eigenvalue weighted by atomic mass is 10.1. The SMILES string of the molecule is CC(F)Oc1cc2ncc(C(=O)NC3CNC3)cc2cc1F. The number of nitrogens with zero attached hydrogens (tertiary/aromatic N) is 1. The quantitative estimate of drug-likeness (QED) is 0.903. The molecule has 1 atom stereocenters. The van der Waals surface area contributed by atoms with E-state index in [1.807, 2.05) is 0 Å². The number of carbonyl (C=O) groups excluding carboxylic acids is 1. The first-order valence-electron chi connectivity index (χ1n) is 6.94. The van der Waals surface area contributed by atoms with Crippen molar-refractivity contribution in [2.24, 2.45) is 0 Å². The van der Waals surface area contributed by atoms with Gasteiger partial charge in [-0.2, -0.15) is 0 Å². The van der Waals surface area contributed by atoms with Gasteiger partial charge in [0, 0.05) is 37.7 Å². The van der Waals surface area contributed by atoms with E-state index in [4.69, 9.17) is 4.74 Å². The van der Waals surface area contributed by atoms with Gasteiger partial charge in [-0.25, -0.2) is 8.78 Å². The molecule has 0 radical (unpaired) electrons. The lowest BCUT2D eigenvalue weighted by molar-refractivity contribution is 0.0816. The largest absolute Gasteiger partial charge is 0.458 e. The fourth-order valence-electron chi connectivity index (χ4n) is 2.18. The number of amides is 1. The minimum absolute atomic E-state index is 0.113. The van der Waals surface area contributed by atoms with Crippen molar-refractivity contribution in [2.45, 2.75) is 19.3 Å². The third kappa shape index (κ3) is 2.99. The molecule has 0 aliphatic carbocycles. The van der Waals surface area contributed by atoms with Gasteiger partial charge >= 0.3 is 0 Å². The van der Waals surface area contributed by atoms with Crippen molar-refractivity contribution in [1.29, 1.82) is 0 Å². The first-order chi connectivity index (χ1) is 10.5. The second-order valence-electron chi connectivity index (χ2n) is 5.19. The zero-order valence-electron chi connectivity index (χ0n) is 11.9. The Morgan fingerprint density at radius 2 is 2.23 bits per heavy atom. The average Bonchev–Trinajstić information content (AvgIpc) is 2.42. The van der Waals surface area contributed by atoms with Crippen molar-refractivity contribution in [1.82, 2.24) is 15.6 Å². The highest BCUT2D eigenvalue weighted by molar-refractivity contribution is 5.97. The van der Waals surface area contributed by atoms with Gasteiger partial charge in [0.1, 0.15) is 0 Å². The van der Waals surface area contributed by atoms with E-state index >= 15 is 0 Å². The summed E-state index contributed by atoms with van der Waals surface area (Å²) in [6.45, 7) is 2.65. The molecule has 0 saturated carbocycles. The molecular weight excluding hydrogens is 292 g/mol. The Hall–Kier alpha value is -2.28. The second-order valence-corrected chi connectivity index (χ2v) is 5.19. The predicted octanol–water partition coefficient (Wildman–Crippen LogP) is 1.77. The van der Waals surface area contributed by atoms with Crippen LogP contribution in [0.2, 0.25) is 0 Å². The van der Waals surface area contributed by atoms with Crippen LogP contribution in [0.1, 0.15) is 17.3 Å². The predicted molar refractivity (Wildman–Crippen MR) is 77.0 cm³/mol. The highest BCUT2D eigenvalue weighted by Gasteiger charge is 2.20. The van der Waals surface area contributed by atoms with Crippen LogP contribution in [0.5, 0.6) is 5.75 Å². The Bertz CT molecular complexity index is 717. The van der Waals surface area contributed by atoms with Crippen LogP contribution in [0.15, 0.2) is 24.4 Å². The van der Waals surface area contributed by atoms with Gasteiger partial charge in [0.2, 0.25) is 6.36 Å². The van der Waals surface area contributed by atoms with Gasteiger partial charge in [-0.15, -0.1) is 0 Å². The van der Waals surface area contributed by atoms with E-state index in [1.54, 1.807) is 6.07 Å². The minimum Gasteiger partial charge on any atom is -0.458 e. The summed E-state index contributed by atoms with van der Waals surface area (Å²) < 4.78 is 31.4. The Morgan fingerprint density at radius 3 is 2.86 bits per heavy atom. The summed E-state index contributed by atoms with van der Waals surface area (Å²) >= 11 is 0. The summed E-state index contributed by atoms with van der Waals surface area (Å²) in [7, 11) is 0. The van der Waals surface area contributed by atoms with Gasteiger partial charge in [-0.3, -0.25) is 9.78 Å². The van der Waals surface area contributed by atoms with Gasteiger partial charge < -0.3 is 15.4 Å². The summed E-state index contributed by atoms with van der Waals surface area (Å²) in [5.74, 6) is -1.15. The Morgan fingerprint density at radius 1 is 1.45 bits per heavy atom. The lowest BCUT2D eigenvalue weighted by Gasteiger charge is -2.27. The average molecular weight is 307 g/mol. The second kappa shape index (κ2) is 5.84. The van der Waals surface area contributed by atoms with Gasteiger partial charge in [-0.05, 0) is 12.1 Å². The number of alkyl halides is 1. The third-order valence-electron chi connectivity index (χ3n) is 3.40. The van der Waals surface area contributed by atoms with Crippen molar-refractivity contribution in [2.75, 3.05) is 13.1 Å². The molecule has 1 fully saturated rings. The Balaban J connectivity index is 1.87. The monoisotopic (exact) mass is 307 g/mol. The minimum atomic E-state index is -1.62. The van der Waals surface area contributed by atoms with Crippen LogP contribution >= 0.6 is 0 Å². The number of hydrogen-bond acceptors (Lipinski definition) is 4. The first kappa shape index (κ1) is 14.6. The molecule has 1 saturated heterocycles. The van der Waals surface area contributed by atoms with Crippen molar-refractivity contribution < 1.29 is 18.3 Å². The normalized spacial score (nSPS) is 16.1. The smallest absolute Gasteiger partial charge is 0.253 e. The molecule has 0 spiro atoms. The lowest BCUT2D eigenvalue weighted by Crippen LogP contribution is -2.56. The maximum Gasteiger partial charge on any atom is 0.253 e. The number of nitrogens with one attached hydrogen (secondary N) is 2. The number of ether oxygens (including phenoxy) is 1. The molecule has 1 aromatic carbocycles. The van der Waals surface area contributed by atoms with Crippen molar-refractivity contribution >= 4 is 16.8 Å². The van der Waals surface area contributed by atoms with E-state index in [-0.39, 0.29) is 17.7 Å². The molecule has 1 aliphatic rings. The molecule has 2 heterocycles. The van der Waals surface area contributed by atoms with E-state index < -0.39 is 12.2 Å². The number of rotatable bonds is 4. The number of halogens is 2. The molecule has 2 aromatic rings. The van der Waals surface area contributed by atoms with Crippen LogP contribution in [0.3, 0.4) is 0 Å². The molecule has 2 N–H and O–H groups in total. The highest BCUT2D eigenvalue weighted by Crippen LogP contribution is 2.25. The summed E-state index contributed by atoms with van der Waals surface area (Å²) in [5, 5.41) is 6.35. The molecule has 3 rings (SSSR count). The van der Waals surface area contributed by atoms with Crippen LogP contribution < -0.4 is 15.4 Å². The van der Waals surface area contributed by atoms with Crippen LogP contribution in [0, 0.1) is 5.82 Å². The number of carbonyl (C=O) groups is 1. The van der Waals surface area contributed by atoms with Crippen LogP contribution in [-0.2, 0) is 0 Å². The molecule has 5 nitrogen and oxygen atoms in total. The van der Waals surface area contributed by atoms with E-state index in [2.05, 4.69) is 15.6 Å². The van der Waals surface area contributed by atoms with Crippen molar-refractivity contribution in [3.05, 3.63) is 35.8 Å². The Labute approximate surface area is 125 Å². The topological polar surface area (TPSA) is 63.2 Å². The maximum atomic E-state index is 13.9. The van der Waals surface area contributed by atoms with E-state index in [9.17, 15) is 13.6 Å². The van der Waals surface area contributed by atoms with Gasteiger partial charge in [-0.1, -0.05) is 0 Å². The zero-order chi connectivity index (χ0) is 15.7. The number of aromatic nitrogens is 1. The van der Waals surface area contributed by atoms with Gasteiger partial charge in [0.05, 0.1) is 17.1 Å². The standard InChI is InChI=1S/C15H15F2N3O2/c1-8(16)22-14-4-13-9(3-12(14)17)2-10(5-19-13)15(21)20-11-6-18-7-11/h2-5,8,11,18H,6-7H2,1H3,(H,20,21). The fourth-order valence-corrected chi connectivity index (χ4v) is 2.18. The molecule has 22 heavy (non-hydrogen) atoms. The molecule has 1 amide bonds. The number of benzene rings is 1. The third-order valence-corrected chi connectivity index (χ3v) is 3.40. The molecule has 0 bridgehead atoms. The van der Waals surface area contributed by atoms with Gasteiger partial charge in [0.15, 0.2) is 11.6 Å². The summed E-state index contributed by atoms with van der Waals surface area (Å²) in [6, 6.07) is 4.16. The van der Waals surface area contributed by atoms with Crippen molar-refractivity contribution in [3.8, 4) is 5.75 Å². The maximum absolute atomic E-state index is 13.9. The number of pyridine rings is 1. The molecule has 1 aromatic heterocycles. The fraction of sp³-hybridized carbons (Fsp3) is 0.333. The van der Waals surface area contributed by atoms with Crippen LogP contribution in [-0.4, -0.2) is 36.4 Å². The molecule has 1 aliphatic heterocycles. The van der Waals surface area contributed by atoms with E-state index in [0.717, 1.165) is 13.1 Å². The van der Waals surface area contributed by atoms with Crippen molar-refractivity contribution in [3.63, 3.8) is 0 Å². The number of fused-ring (bicyclic) bond motifs is 1. The molecule has 1 unspecified atom stereocenters. The summed E-state index contributed by atoms with van der Waals surface area (Å²) in [6.07, 6.45) is -0.210. The van der Waals surface area contributed by atoms with Gasteiger partial charge in [0.25, 0.3) is 5.91 Å².